The molecule has 1 aromatic heterocycles. The quantitative estimate of drug-likeness (QED) is 0.374. The summed E-state index contributed by atoms with van der Waals surface area (Å²) in [6.45, 7) is 9.61. The first-order valence-corrected chi connectivity index (χ1v) is 11.3. The molecular weight excluding hydrogens is 414 g/mol. The number of esters is 1. The number of anilines is 1. The molecule has 1 atom stereocenters. The molecule has 0 radical (unpaired) electrons. The third-order valence-electron chi connectivity index (χ3n) is 4.79. The number of aromatic amines is 1. The summed E-state index contributed by atoms with van der Waals surface area (Å²) in [5.41, 5.74) is 1.77. The molecule has 8 heteroatoms. The zero-order valence-corrected chi connectivity index (χ0v) is 19.6. The lowest BCUT2D eigenvalue weighted by atomic mass is 9.82. The zero-order chi connectivity index (χ0) is 22.7. The Morgan fingerprint density at radius 2 is 1.94 bits per heavy atom. The number of hydrogen-bond donors (Lipinski definition) is 2. The van der Waals surface area contributed by atoms with Crippen molar-refractivity contribution in [2.75, 3.05) is 18.2 Å². The number of nitrogens with one attached hydrogen (secondary N) is 2. The summed E-state index contributed by atoms with van der Waals surface area (Å²) < 4.78 is 11.1. The minimum absolute atomic E-state index is 0.290. The van der Waals surface area contributed by atoms with Crippen LogP contribution in [0.4, 0.5) is 5.82 Å². The molecule has 1 aromatic carbocycles. The van der Waals surface area contributed by atoms with E-state index in [1.165, 1.54) is 11.8 Å². The van der Waals surface area contributed by atoms with Gasteiger partial charge in [0.2, 0.25) is 0 Å². The number of carbonyl (C=O) groups is 1. The van der Waals surface area contributed by atoms with Crippen LogP contribution in [0.25, 0.3) is 0 Å². The van der Waals surface area contributed by atoms with E-state index in [2.05, 4.69) is 29.1 Å². The van der Waals surface area contributed by atoms with E-state index in [0.29, 0.717) is 45.0 Å². The van der Waals surface area contributed by atoms with Crippen LogP contribution in [0.2, 0.25) is 0 Å². The molecule has 0 saturated heterocycles. The van der Waals surface area contributed by atoms with Crippen LogP contribution in [0, 0.1) is 5.92 Å². The lowest BCUT2D eigenvalue weighted by Gasteiger charge is -2.30. The van der Waals surface area contributed by atoms with Crippen molar-refractivity contribution in [3.05, 3.63) is 57.0 Å². The van der Waals surface area contributed by atoms with E-state index in [1.54, 1.807) is 27.9 Å². The van der Waals surface area contributed by atoms with Crippen LogP contribution < -0.4 is 15.6 Å². The maximum Gasteiger partial charge on any atom is 0.337 e. The number of carbonyl (C=O) groups excluding carboxylic acids is 1. The van der Waals surface area contributed by atoms with Gasteiger partial charge >= 0.3 is 5.97 Å². The molecule has 1 aliphatic heterocycles. The fraction of sp³-hybridized carbons (Fsp3) is 0.435. The van der Waals surface area contributed by atoms with Gasteiger partial charge in [-0.25, -0.2) is 9.78 Å². The average Bonchev–Trinajstić information content (AvgIpc) is 2.70. The second-order valence-corrected chi connectivity index (χ2v) is 9.14. The third kappa shape index (κ3) is 4.95. The topological polar surface area (TPSA) is 93.3 Å². The Morgan fingerprint density at radius 3 is 2.58 bits per heavy atom. The Balaban J connectivity index is 2.20. The lowest BCUT2D eigenvalue weighted by molar-refractivity contribution is -0.143. The highest BCUT2D eigenvalue weighted by Gasteiger charge is 2.38. The SMILES string of the molecule is COc1ccccc1[C@H]1C(C(=O)OC(C)C)=C(C)Nc2nc(SCC(C)C)[nH]c(=O)c21. The van der Waals surface area contributed by atoms with Gasteiger partial charge < -0.3 is 19.8 Å². The van der Waals surface area contributed by atoms with Gasteiger partial charge in [0, 0.05) is 17.0 Å². The molecule has 1 aliphatic rings. The minimum Gasteiger partial charge on any atom is -0.496 e. The van der Waals surface area contributed by atoms with Crippen molar-refractivity contribution >= 4 is 23.5 Å². The normalized spacial score (nSPS) is 15.7. The summed E-state index contributed by atoms with van der Waals surface area (Å²) in [6.07, 6.45) is -0.293. The predicted octanol–water partition coefficient (Wildman–Crippen LogP) is 4.31. The summed E-state index contributed by atoms with van der Waals surface area (Å²) >= 11 is 1.50. The average molecular weight is 444 g/mol. The van der Waals surface area contributed by atoms with Crippen molar-refractivity contribution < 1.29 is 14.3 Å². The van der Waals surface area contributed by atoms with Crippen LogP contribution in [-0.2, 0) is 9.53 Å². The molecule has 0 bridgehead atoms. The van der Waals surface area contributed by atoms with E-state index in [0.717, 1.165) is 5.75 Å². The molecule has 3 rings (SSSR count). The van der Waals surface area contributed by atoms with Gasteiger partial charge in [0.1, 0.15) is 11.6 Å². The highest BCUT2D eigenvalue weighted by molar-refractivity contribution is 7.99. The van der Waals surface area contributed by atoms with Crippen molar-refractivity contribution in [1.82, 2.24) is 9.97 Å². The van der Waals surface area contributed by atoms with E-state index in [4.69, 9.17) is 9.47 Å². The van der Waals surface area contributed by atoms with Gasteiger partial charge in [-0.2, -0.15) is 0 Å². The zero-order valence-electron chi connectivity index (χ0n) is 18.7. The van der Waals surface area contributed by atoms with Gasteiger partial charge in [-0.15, -0.1) is 0 Å². The highest BCUT2D eigenvalue weighted by atomic mass is 32.2. The maximum absolute atomic E-state index is 13.2. The summed E-state index contributed by atoms with van der Waals surface area (Å²) in [6, 6.07) is 7.37. The number of benzene rings is 1. The van der Waals surface area contributed by atoms with Crippen LogP contribution in [-0.4, -0.2) is 34.9 Å². The van der Waals surface area contributed by atoms with Gasteiger partial charge in [0.05, 0.1) is 30.3 Å². The number of aromatic nitrogens is 2. The molecule has 2 aromatic rings. The van der Waals surface area contributed by atoms with Crippen LogP contribution in [0.3, 0.4) is 0 Å². The summed E-state index contributed by atoms with van der Waals surface area (Å²) in [7, 11) is 1.57. The summed E-state index contributed by atoms with van der Waals surface area (Å²) in [5, 5.41) is 3.71. The molecule has 7 nitrogen and oxygen atoms in total. The molecule has 0 fully saturated rings. The van der Waals surface area contributed by atoms with Crippen LogP contribution in [0.1, 0.15) is 51.7 Å². The second-order valence-electron chi connectivity index (χ2n) is 8.13. The van der Waals surface area contributed by atoms with Gasteiger partial charge in [-0.05, 0) is 32.8 Å². The van der Waals surface area contributed by atoms with Gasteiger partial charge in [0.25, 0.3) is 5.56 Å². The molecule has 2 heterocycles. The molecule has 2 N–H and O–H groups in total. The fourth-order valence-corrected chi connectivity index (χ4v) is 4.32. The molecule has 0 aliphatic carbocycles. The van der Waals surface area contributed by atoms with Crippen LogP contribution in [0.15, 0.2) is 45.5 Å². The van der Waals surface area contributed by atoms with Gasteiger partial charge in [0.15, 0.2) is 5.16 Å². The van der Waals surface area contributed by atoms with Crippen LogP contribution >= 0.6 is 11.8 Å². The number of thioether (sulfide) groups is 1. The number of H-pyrrole nitrogens is 1. The van der Waals surface area contributed by atoms with E-state index < -0.39 is 11.9 Å². The van der Waals surface area contributed by atoms with E-state index in [-0.39, 0.29) is 11.7 Å². The minimum atomic E-state index is -0.668. The first-order valence-electron chi connectivity index (χ1n) is 10.3. The molecule has 0 spiro atoms. The van der Waals surface area contributed by atoms with Crippen molar-refractivity contribution in [1.29, 1.82) is 0 Å². The number of allylic oxidation sites excluding steroid dienone is 1. The Bertz CT molecular complexity index is 1060. The number of ether oxygens (including phenoxy) is 2. The summed E-state index contributed by atoms with van der Waals surface area (Å²) in [4.78, 5) is 33.9. The smallest absolute Gasteiger partial charge is 0.337 e. The first-order chi connectivity index (χ1) is 14.7. The molecule has 0 saturated carbocycles. The number of fused-ring (bicyclic) bond motifs is 1. The Hall–Kier alpha value is -2.74. The van der Waals surface area contributed by atoms with E-state index >= 15 is 0 Å². The number of para-hydroxylation sites is 1. The molecular formula is C23H29N3O4S. The fourth-order valence-electron chi connectivity index (χ4n) is 3.51. The van der Waals surface area contributed by atoms with Crippen molar-refractivity contribution in [3.63, 3.8) is 0 Å². The molecule has 0 amide bonds. The van der Waals surface area contributed by atoms with E-state index in [9.17, 15) is 9.59 Å². The third-order valence-corrected chi connectivity index (χ3v) is 6.09. The Labute approximate surface area is 186 Å². The van der Waals surface area contributed by atoms with Crippen molar-refractivity contribution in [3.8, 4) is 5.75 Å². The summed E-state index contributed by atoms with van der Waals surface area (Å²) in [5.74, 6) is 1.18. The van der Waals surface area contributed by atoms with Gasteiger partial charge in [-0.3, -0.25) is 4.79 Å². The number of hydrogen-bond acceptors (Lipinski definition) is 7. The van der Waals surface area contributed by atoms with Crippen molar-refractivity contribution in [2.45, 2.75) is 51.8 Å². The number of nitrogens with zero attached hydrogens (tertiary/aromatic N) is 1. The highest BCUT2D eigenvalue weighted by Crippen LogP contribution is 2.43. The van der Waals surface area contributed by atoms with Gasteiger partial charge in [-0.1, -0.05) is 43.8 Å². The Kier molecular flexibility index (Phi) is 7.10. The predicted molar refractivity (Wildman–Crippen MR) is 123 cm³/mol. The largest absolute Gasteiger partial charge is 0.496 e. The van der Waals surface area contributed by atoms with Crippen LogP contribution in [0.5, 0.6) is 5.75 Å². The second kappa shape index (κ2) is 9.60. The number of methoxy groups -OCH3 is 1. The first kappa shape index (κ1) is 22.9. The monoisotopic (exact) mass is 443 g/mol. The maximum atomic E-state index is 13.2. The van der Waals surface area contributed by atoms with Crippen molar-refractivity contribution in [2.24, 2.45) is 5.92 Å². The molecule has 0 unspecified atom stereocenters. The standard InChI is InChI=1S/C23H29N3O4S/c1-12(2)11-31-23-25-20-19(21(27)26-23)18(15-9-7-8-10-16(15)29-6)17(14(5)24-20)22(28)30-13(3)4/h7-10,12-13,18H,11H2,1-6H3,(H2,24,25,26,27)/t18-/m0/s1. The van der Waals surface area contributed by atoms with E-state index in [1.807, 2.05) is 24.3 Å². The molecule has 166 valence electrons. The molecule has 31 heavy (non-hydrogen) atoms. The number of rotatable bonds is 7. The lowest BCUT2D eigenvalue weighted by Crippen LogP contribution is -2.32. The Morgan fingerprint density at radius 1 is 1.23 bits per heavy atom.